The van der Waals surface area contributed by atoms with Gasteiger partial charge in [-0.25, -0.2) is 0 Å². The van der Waals surface area contributed by atoms with Gasteiger partial charge in [0.05, 0.1) is 6.61 Å². The largest absolute Gasteiger partial charge is 0.462 e. The second-order valence-corrected chi connectivity index (χ2v) is 22.6. The Labute approximate surface area is 445 Å². The summed E-state index contributed by atoms with van der Waals surface area (Å²) < 4.78 is 10.7. The third-order valence-corrected chi connectivity index (χ3v) is 15.3. The van der Waals surface area contributed by atoms with E-state index in [-0.39, 0.29) is 25.2 Å². The molecule has 0 saturated heterocycles. The Balaban J connectivity index is 3.32. The molecule has 422 valence electrons. The lowest BCUT2D eigenvalue weighted by molar-refractivity contribution is -0.161. The summed E-state index contributed by atoms with van der Waals surface area (Å²) >= 11 is 0. The molecule has 5 heteroatoms. The van der Waals surface area contributed by atoms with E-state index < -0.39 is 6.10 Å². The van der Waals surface area contributed by atoms with Gasteiger partial charge in [-0.05, 0) is 38.5 Å². The molecule has 0 aliphatic carbocycles. The molecule has 0 radical (unpaired) electrons. The molecule has 0 saturated carbocycles. The quantitative estimate of drug-likeness (QED) is 0.0373. The highest BCUT2D eigenvalue weighted by molar-refractivity contribution is 5.70. The number of rotatable bonds is 62. The van der Waals surface area contributed by atoms with Crippen LogP contribution in [0.5, 0.6) is 0 Å². The van der Waals surface area contributed by atoms with Crippen LogP contribution in [0.2, 0.25) is 0 Å². The lowest BCUT2D eigenvalue weighted by Crippen LogP contribution is -2.28. The van der Waals surface area contributed by atoms with Crippen molar-refractivity contribution in [3.8, 4) is 0 Å². The summed E-state index contributed by atoms with van der Waals surface area (Å²) in [7, 11) is 0. The van der Waals surface area contributed by atoms with E-state index in [4.69, 9.17) is 9.47 Å². The first kappa shape index (κ1) is 69.6. The first-order chi connectivity index (χ1) is 35.1. The molecular weight excluding hydrogens is 873 g/mol. The number of ether oxygens (including phenoxy) is 2. The number of allylic oxidation sites excluding steroid dienone is 2. The smallest absolute Gasteiger partial charge is 0.306 e. The number of esters is 2. The summed E-state index contributed by atoms with van der Waals surface area (Å²) in [6.45, 7) is 4.20. The van der Waals surface area contributed by atoms with Crippen molar-refractivity contribution in [2.24, 2.45) is 0 Å². The zero-order valence-electron chi connectivity index (χ0n) is 48.5. The Morgan fingerprint density at radius 1 is 0.310 bits per heavy atom. The van der Waals surface area contributed by atoms with Crippen LogP contribution in [-0.4, -0.2) is 36.4 Å². The molecule has 1 unspecified atom stereocenters. The Bertz CT molecular complexity index is 1040. The topological polar surface area (TPSA) is 72.8 Å². The van der Waals surface area contributed by atoms with E-state index in [0.29, 0.717) is 12.8 Å². The molecule has 5 nitrogen and oxygen atoms in total. The fourth-order valence-corrected chi connectivity index (χ4v) is 10.4. The van der Waals surface area contributed by atoms with Gasteiger partial charge in [0.25, 0.3) is 0 Å². The third-order valence-electron chi connectivity index (χ3n) is 15.3. The summed E-state index contributed by atoms with van der Waals surface area (Å²) in [5.41, 5.74) is 0. The molecule has 1 N–H and O–H groups in total. The minimum Gasteiger partial charge on any atom is -0.462 e. The molecular formula is C66H128O5. The van der Waals surface area contributed by atoms with Crippen LogP contribution in [0.15, 0.2) is 12.2 Å². The number of unbranched alkanes of at least 4 members (excludes halogenated alkanes) is 52. The van der Waals surface area contributed by atoms with Crippen LogP contribution in [0.3, 0.4) is 0 Å². The SMILES string of the molecule is CCCCCCCCCC/C=C\CCCCCCCCCCCCCCCCCCCCCCCCCCCCCCCC(=O)OC(CO)COC(=O)CCCCCCCCCCCCCCCCCC. The van der Waals surface area contributed by atoms with Gasteiger partial charge in [-0.1, -0.05) is 341 Å². The van der Waals surface area contributed by atoms with E-state index >= 15 is 0 Å². The zero-order valence-corrected chi connectivity index (χ0v) is 48.5. The maximum atomic E-state index is 12.3. The lowest BCUT2D eigenvalue weighted by atomic mass is 10.0. The second-order valence-electron chi connectivity index (χ2n) is 22.6. The maximum Gasteiger partial charge on any atom is 0.306 e. The third kappa shape index (κ3) is 61.1. The second kappa shape index (κ2) is 62.9. The van der Waals surface area contributed by atoms with Gasteiger partial charge >= 0.3 is 11.9 Å². The predicted octanol–water partition coefficient (Wildman–Crippen LogP) is 22.3. The van der Waals surface area contributed by atoms with Crippen molar-refractivity contribution >= 4 is 11.9 Å². The van der Waals surface area contributed by atoms with Crippen molar-refractivity contribution in [2.45, 2.75) is 386 Å². The first-order valence-electron chi connectivity index (χ1n) is 32.7. The summed E-state index contributed by atoms with van der Waals surface area (Å²) in [4.78, 5) is 24.5. The highest BCUT2D eigenvalue weighted by Crippen LogP contribution is 2.19. The van der Waals surface area contributed by atoms with Crippen LogP contribution in [0.25, 0.3) is 0 Å². The van der Waals surface area contributed by atoms with E-state index in [1.165, 1.54) is 321 Å². The van der Waals surface area contributed by atoms with E-state index in [1.807, 2.05) is 0 Å². The number of aliphatic hydroxyl groups excluding tert-OH is 1. The molecule has 0 aromatic rings. The van der Waals surface area contributed by atoms with E-state index in [1.54, 1.807) is 0 Å². The van der Waals surface area contributed by atoms with Gasteiger partial charge in [-0.15, -0.1) is 0 Å². The number of carbonyl (C=O) groups is 2. The van der Waals surface area contributed by atoms with Gasteiger partial charge in [0.2, 0.25) is 0 Å². The Morgan fingerprint density at radius 2 is 0.521 bits per heavy atom. The van der Waals surface area contributed by atoms with Crippen molar-refractivity contribution in [1.82, 2.24) is 0 Å². The van der Waals surface area contributed by atoms with Gasteiger partial charge in [0.15, 0.2) is 6.10 Å². The molecule has 0 fully saturated rings. The molecule has 0 spiro atoms. The monoisotopic (exact) mass is 1000 g/mol. The lowest BCUT2D eigenvalue weighted by Gasteiger charge is -2.15. The normalized spacial score (nSPS) is 12.1. The molecule has 0 amide bonds. The Kier molecular flexibility index (Phi) is 61.7. The van der Waals surface area contributed by atoms with Gasteiger partial charge in [0, 0.05) is 12.8 Å². The minimum absolute atomic E-state index is 0.0566. The maximum absolute atomic E-state index is 12.3. The van der Waals surface area contributed by atoms with Crippen LogP contribution in [0, 0.1) is 0 Å². The van der Waals surface area contributed by atoms with Crippen LogP contribution in [0.4, 0.5) is 0 Å². The zero-order chi connectivity index (χ0) is 51.3. The number of carbonyl (C=O) groups excluding carboxylic acids is 2. The molecule has 0 heterocycles. The van der Waals surface area contributed by atoms with Crippen LogP contribution in [0.1, 0.15) is 380 Å². The van der Waals surface area contributed by atoms with Crippen LogP contribution in [-0.2, 0) is 19.1 Å². The van der Waals surface area contributed by atoms with E-state index in [9.17, 15) is 14.7 Å². The number of aliphatic hydroxyl groups is 1. The Hall–Kier alpha value is -1.36. The van der Waals surface area contributed by atoms with Crippen molar-refractivity contribution in [3.05, 3.63) is 12.2 Å². The predicted molar refractivity (Wildman–Crippen MR) is 312 cm³/mol. The fourth-order valence-electron chi connectivity index (χ4n) is 10.4. The van der Waals surface area contributed by atoms with Crippen molar-refractivity contribution in [3.63, 3.8) is 0 Å². The van der Waals surface area contributed by atoms with Crippen molar-refractivity contribution in [2.75, 3.05) is 13.2 Å². The highest BCUT2D eigenvalue weighted by Gasteiger charge is 2.16. The summed E-state index contributed by atoms with van der Waals surface area (Å²) in [6, 6.07) is 0. The van der Waals surface area contributed by atoms with Crippen molar-refractivity contribution < 1.29 is 24.2 Å². The minimum atomic E-state index is -0.765. The Morgan fingerprint density at radius 3 is 0.761 bits per heavy atom. The van der Waals surface area contributed by atoms with E-state index in [0.717, 1.165) is 32.1 Å². The highest BCUT2D eigenvalue weighted by atomic mass is 16.6. The molecule has 0 aromatic carbocycles. The average Bonchev–Trinajstić information content (AvgIpc) is 3.37. The van der Waals surface area contributed by atoms with Gasteiger partial charge in [-0.3, -0.25) is 9.59 Å². The van der Waals surface area contributed by atoms with Crippen molar-refractivity contribution in [1.29, 1.82) is 0 Å². The summed E-state index contributed by atoms with van der Waals surface area (Å²) in [6.07, 6.45) is 79.6. The number of hydrogen-bond donors (Lipinski definition) is 1. The molecule has 0 rings (SSSR count). The van der Waals surface area contributed by atoms with Crippen LogP contribution < -0.4 is 0 Å². The van der Waals surface area contributed by atoms with Gasteiger partial charge < -0.3 is 14.6 Å². The fraction of sp³-hybridized carbons (Fsp3) is 0.939. The van der Waals surface area contributed by atoms with Gasteiger partial charge in [0.1, 0.15) is 6.61 Å². The average molecular weight is 1000 g/mol. The summed E-state index contributed by atoms with van der Waals surface area (Å²) in [5.74, 6) is -0.565. The van der Waals surface area contributed by atoms with Gasteiger partial charge in [-0.2, -0.15) is 0 Å². The van der Waals surface area contributed by atoms with E-state index in [2.05, 4.69) is 26.0 Å². The first-order valence-corrected chi connectivity index (χ1v) is 32.7. The summed E-state index contributed by atoms with van der Waals surface area (Å²) in [5, 5.41) is 9.66. The molecule has 0 aliphatic heterocycles. The molecule has 0 bridgehead atoms. The number of hydrogen-bond acceptors (Lipinski definition) is 5. The van der Waals surface area contributed by atoms with Crippen LogP contribution >= 0.6 is 0 Å². The molecule has 71 heavy (non-hydrogen) atoms. The standard InChI is InChI=1S/C66H128O5/c1-3-5-7-9-11-13-15-17-19-21-22-23-24-25-26-27-28-29-30-31-32-33-34-35-36-37-38-39-40-41-42-43-44-45-47-49-51-53-55-57-59-61-66(69)71-64(62-67)63-70-65(68)60-58-56-54-52-50-48-46-20-18-16-14-12-10-8-6-4-2/h21-22,64,67H,3-20,23-63H2,1-2H3/b22-21-. The molecule has 0 aliphatic rings. The molecule has 1 atom stereocenters. The molecule has 0 aromatic heterocycles.